The van der Waals surface area contributed by atoms with Crippen LogP contribution >= 0.6 is 15.9 Å². The lowest BCUT2D eigenvalue weighted by molar-refractivity contribution is -0.121. The predicted molar refractivity (Wildman–Crippen MR) is 126 cm³/mol. The number of hydrazone groups is 1. The number of halogens is 1. The number of rotatable bonds is 6. The van der Waals surface area contributed by atoms with Crippen LogP contribution in [0.4, 0.5) is 0 Å². The summed E-state index contributed by atoms with van der Waals surface area (Å²) in [7, 11) is 0. The summed E-state index contributed by atoms with van der Waals surface area (Å²) in [6.45, 7) is 0.721. The number of nitrogens with one attached hydrogen (secondary N) is 1. The molecule has 1 heterocycles. The molecule has 0 saturated carbocycles. The number of carbonyl (C=O) groups excluding carboxylic acids is 1. The van der Waals surface area contributed by atoms with Crippen molar-refractivity contribution in [2.24, 2.45) is 5.10 Å². The molecule has 0 spiro atoms. The first kappa shape index (κ1) is 20.6. The number of hydrogen-bond acceptors (Lipinski definition) is 3. The van der Waals surface area contributed by atoms with Crippen molar-refractivity contribution in [3.8, 4) is 6.07 Å². The Hall–Kier alpha value is -3.69. The van der Waals surface area contributed by atoms with Crippen LogP contribution in [0.2, 0.25) is 0 Å². The van der Waals surface area contributed by atoms with Crippen LogP contribution in [-0.2, 0) is 11.3 Å². The van der Waals surface area contributed by atoms with Gasteiger partial charge in [0.2, 0.25) is 0 Å². The zero-order valence-electron chi connectivity index (χ0n) is 16.6. The molecular weight excluding hydrogens is 452 g/mol. The first-order chi connectivity index (χ1) is 15.2. The number of aromatic nitrogens is 1. The monoisotopic (exact) mass is 470 g/mol. The minimum atomic E-state index is -0.905. The summed E-state index contributed by atoms with van der Waals surface area (Å²) >= 11 is 3.47. The number of carbonyl (C=O) groups is 1. The Balaban J connectivity index is 1.54. The van der Waals surface area contributed by atoms with Crippen molar-refractivity contribution in [1.29, 1.82) is 5.26 Å². The van der Waals surface area contributed by atoms with E-state index in [-0.39, 0.29) is 0 Å². The Kier molecular flexibility index (Phi) is 6.25. The standard InChI is InChI=1S/C25H19BrN4O/c26-21-12-10-18(11-13-21)16-30-17-20(22-8-4-5-9-24(22)30)15-28-29-25(31)23(14-27)19-6-2-1-3-7-19/h1-13,15,17,23H,16H2,(H,29,31)/b28-15-/t23-/m1/s1. The van der Waals surface area contributed by atoms with Crippen molar-refractivity contribution < 1.29 is 4.79 Å². The van der Waals surface area contributed by atoms with Gasteiger partial charge in [0, 0.05) is 33.7 Å². The lowest BCUT2D eigenvalue weighted by atomic mass is 10.0. The van der Waals surface area contributed by atoms with Gasteiger partial charge < -0.3 is 4.57 Å². The third-order valence-electron chi connectivity index (χ3n) is 4.99. The molecule has 1 aromatic heterocycles. The molecule has 4 rings (SSSR count). The highest BCUT2D eigenvalue weighted by molar-refractivity contribution is 9.10. The molecule has 1 N–H and O–H groups in total. The number of amides is 1. The number of nitriles is 1. The van der Waals surface area contributed by atoms with Gasteiger partial charge in [0.25, 0.3) is 5.91 Å². The molecule has 6 heteroatoms. The Labute approximate surface area is 188 Å². The fraction of sp³-hybridized carbons (Fsp3) is 0.0800. The van der Waals surface area contributed by atoms with E-state index in [0.29, 0.717) is 5.56 Å². The van der Waals surface area contributed by atoms with Crippen LogP contribution in [0, 0.1) is 11.3 Å². The molecular formula is C25H19BrN4O. The molecule has 0 fully saturated rings. The number of fused-ring (bicyclic) bond motifs is 1. The SMILES string of the molecule is N#C[C@@H](C(=O)N/N=C\c1cn(Cc2ccc(Br)cc2)c2ccccc12)c1ccccc1. The largest absolute Gasteiger partial charge is 0.342 e. The van der Waals surface area contributed by atoms with E-state index in [9.17, 15) is 10.1 Å². The average molecular weight is 471 g/mol. The zero-order valence-corrected chi connectivity index (χ0v) is 18.2. The van der Waals surface area contributed by atoms with Gasteiger partial charge in [-0.15, -0.1) is 0 Å². The van der Waals surface area contributed by atoms with Crippen LogP contribution in [0.3, 0.4) is 0 Å². The van der Waals surface area contributed by atoms with Crippen LogP contribution in [0.5, 0.6) is 0 Å². The maximum absolute atomic E-state index is 12.4. The van der Waals surface area contributed by atoms with Gasteiger partial charge in [0.15, 0.2) is 5.92 Å². The smallest absolute Gasteiger partial charge is 0.261 e. The van der Waals surface area contributed by atoms with Crippen LogP contribution in [0.25, 0.3) is 10.9 Å². The van der Waals surface area contributed by atoms with Crippen molar-refractivity contribution in [3.05, 3.63) is 106 Å². The molecule has 5 nitrogen and oxygen atoms in total. The van der Waals surface area contributed by atoms with E-state index in [1.165, 1.54) is 5.56 Å². The van der Waals surface area contributed by atoms with E-state index in [4.69, 9.17) is 0 Å². The number of nitrogens with zero attached hydrogens (tertiary/aromatic N) is 3. The van der Waals surface area contributed by atoms with Gasteiger partial charge in [0.1, 0.15) is 0 Å². The van der Waals surface area contributed by atoms with Gasteiger partial charge in [-0.1, -0.05) is 76.6 Å². The van der Waals surface area contributed by atoms with E-state index in [2.05, 4.69) is 49.2 Å². The van der Waals surface area contributed by atoms with Gasteiger partial charge in [-0.05, 0) is 29.3 Å². The Morgan fingerprint density at radius 3 is 2.52 bits per heavy atom. The fourth-order valence-corrected chi connectivity index (χ4v) is 3.72. The minimum Gasteiger partial charge on any atom is -0.342 e. The molecule has 0 aliphatic rings. The summed E-state index contributed by atoms with van der Waals surface area (Å²) in [6.07, 6.45) is 3.64. The van der Waals surface area contributed by atoms with E-state index < -0.39 is 11.8 Å². The Morgan fingerprint density at radius 1 is 1.06 bits per heavy atom. The molecule has 1 amide bonds. The van der Waals surface area contributed by atoms with Crippen molar-refractivity contribution in [1.82, 2.24) is 9.99 Å². The minimum absolute atomic E-state index is 0.455. The maximum Gasteiger partial charge on any atom is 0.261 e. The third-order valence-corrected chi connectivity index (χ3v) is 5.52. The summed E-state index contributed by atoms with van der Waals surface area (Å²) in [4.78, 5) is 12.4. The molecule has 3 aromatic carbocycles. The van der Waals surface area contributed by atoms with Gasteiger partial charge in [-0.3, -0.25) is 4.79 Å². The summed E-state index contributed by atoms with van der Waals surface area (Å²) in [5.41, 5.74) is 6.30. The second-order valence-corrected chi connectivity index (χ2v) is 7.98. The molecule has 0 saturated heterocycles. The van der Waals surface area contributed by atoms with Crippen LogP contribution in [0.1, 0.15) is 22.6 Å². The number of benzene rings is 3. The van der Waals surface area contributed by atoms with Gasteiger partial charge in [-0.2, -0.15) is 10.4 Å². The average Bonchev–Trinajstić information content (AvgIpc) is 3.14. The highest BCUT2D eigenvalue weighted by atomic mass is 79.9. The molecule has 152 valence electrons. The van der Waals surface area contributed by atoms with Crippen LogP contribution in [-0.4, -0.2) is 16.7 Å². The molecule has 0 unspecified atom stereocenters. The predicted octanol–water partition coefficient (Wildman–Crippen LogP) is 5.21. The fourth-order valence-electron chi connectivity index (χ4n) is 3.46. The second kappa shape index (κ2) is 9.41. The molecule has 31 heavy (non-hydrogen) atoms. The van der Waals surface area contributed by atoms with E-state index in [0.717, 1.165) is 27.5 Å². The number of para-hydroxylation sites is 1. The number of hydrogen-bond donors (Lipinski definition) is 1. The lowest BCUT2D eigenvalue weighted by Crippen LogP contribution is -2.24. The van der Waals surface area contributed by atoms with Crippen molar-refractivity contribution in [3.63, 3.8) is 0 Å². The van der Waals surface area contributed by atoms with Crippen LogP contribution in [0.15, 0.2) is 94.6 Å². The van der Waals surface area contributed by atoms with Crippen LogP contribution < -0.4 is 5.43 Å². The van der Waals surface area contributed by atoms with Gasteiger partial charge in [0.05, 0.1) is 12.3 Å². The van der Waals surface area contributed by atoms with E-state index in [1.54, 1.807) is 30.5 Å². The van der Waals surface area contributed by atoms with Gasteiger partial charge >= 0.3 is 0 Å². The molecule has 0 aliphatic heterocycles. The molecule has 0 bridgehead atoms. The van der Waals surface area contributed by atoms with E-state index >= 15 is 0 Å². The first-order valence-electron chi connectivity index (χ1n) is 9.75. The topological polar surface area (TPSA) is 70.2 Å². The normalized spacial score (nSPS) is 12.0. The molecule has 1 atom stereocenters. The summed E-state index contributed by atoms with van der Waals surface area (Å²) < 4.78 is 3.20. The highest BCUT2D eigenvalue weighted by Gasteiger charge is 2.19. The third kappa shape index (κ3) is 4.73. The lowest BCUT2D eigenvalue weighted by Gasteiger charge is -2.06. The quantitative estimate of drug-likeness (QED) is 0.310. The summed E-state index contributed by atoms with van der Waals surface area (Å²) in [6, 6.07) is 27.3. The summed E-state index contributed by atoms with van der Waals surface area (Å²) in [5.74, 6) is -1.36. The second-order valence-electron chi connectivity index (χ2n) is 7.06. The van der Waals surface area contributed by atoms with E-state index in [1.807, 2.05) is 48.7 Å². The highest BCUT2D eigenvalue weighted by Crippen LogP contribution is 2.22. The zero-order chi connectivity index (χ0) is 21.6. The van der Waals surface area contributed by atoms with Gasteiger partial charge in [-0.25, -0.2) is 5.43 Å². The molecule has 4 aromatic rings. The molecule has 0 aliphatic carbocycles. The Bertz CT molecular complexity index is 1270. The molecule has 0 radical (unpaired) electrons. The van der Waals surface area contributed by atoms with Crippen molar-refractivity contribution in [2.45, 2.75) is 12.5 Å². The summed E-state index contributed by atoms with van der Waals surface area (Å²) in [5, 5.41) is 14.6. The van der Waals surface area contributed by atoms with Crippen molar-refractivity contribution in [2.75, 3.05) is 0 Å². The maximum atomic E-state index is 12.4. The Morgan fingerprint density at radius 2 is 1.77 bits per heavy atom. The first-order valence-corrected chi connectivity index (χ1v) is 10.5. The van der Waals surface area contributed by atoms with Crippen molar-refractivity contribution >= 4 is 39.0 Å².